The van der Waals surface area contributed by atoms with Crippen LogP contribution in [0, 0.1) is 0 Å². The van der Waals surface area contributed by atoms with Crippen molar-refractivity contribution < 1.29 is 8.42 Å². The predicted molar refractivity (Wildman–Crippen MR) is 91.1 cm³/mol. The number of halogens is 1. The number of aromatic nitrogens is 2. The van der Waals surface area contributed by atoms with E-state index in [1.54, 1.807) is 0 Å². The van der Waals surface area contributed by atoms with Crippen LogP contribution in [0.2, 0.25) is 5.02 Å². The second-order valence-electron chi connectivity index (χ2n) is 5.43. The summed E-state index contributed by atoms with van der Waals surface area (Å²) in [5.41, 5.74) is 1.73. The zero-order chi connectivity index (χ0) is 16.4. The Morgan fingerprint density at radius 1 is 0.957 bits per heavy atom. The molecule has 3 rings (SSSR count). The van der Waals surface area contributed by atoms with Crippen LogP contribution >= 0.6 is 11.6 Å². The molecule has 1 aromatic heterocycles. The molecule has 0 unspecified atom stereocenters. The highest BCUT2D eigenvalue weighted by molar-refractivity contribution is 7.88. The van der Waals surface area contributed by atoms with E-state index in [2.05, 4.69) is 10.2 Å². The number of hydrogen-bond donors (Lipinski definition) is 0. The van der Waals surface area contributed by atoms with Crippen LogP contribution in [0.3, 0.4) is 0 Å². The van der Waals surface area contributed by atoms with Crippen molar-refractivity contribution in [3.63, 3.8) is 0 Å². The van der Waals surface area contributed by atoms with Gasteiger partial charge in [-0.25, -0.2) is 8.42 Å². The first-order valence-electron chi connectivity index (χ1n) is 7.23. The number of hydrogen-bond acceptors (Lipinski definition) is 5. The molecule has 0 spiro atoms. The van der Waals surface area contributed by atoms with Crippen molar-refractivity contribution in [1.29, 1.82) is 0 Å². The lowest BCUT2D eigenvalue weighted by Crippen LogP contribution is -2.48. The van der Waals surface area contributed by atoms with Crippen LogP contribution in [0.1, 0.15) is 0 Å². The summed E-state index contributed by atoms with van der Waals surface area (Å²) in [7, 11) is -3.12. The van der Waals surface area contributed by atoms with E-state index in [1.165, 1.54) is 10.6 Å². The summed E-state index contributed by atoms with van der Waals surface area (Å²) < 4.78 is 24.5. The van der Waals surface area contributed by atoms with Gasteiger partial charge in [-0.3, -0.25) is 0 Å². The van der Waals surface area contributed by atoms with Crippen molar-refractivity contribution in [2.45, 2.75) is 0 Å². The van der Waals surface area contributed by atoms with Crippen LogP contribution in [0.4, 0.5) is 5.82 Å². The Kier molecular flexibility index (Phi) is 4.52. The maximum atomic E-state index is 11.5. The van der Waals surface area contributed by atoms with Crippen LogP contribution in [0.25, 0.3) is 11.3 Å². The van der Waals surface area contributed by atoms with Crippen LogP contribution in [-0.2, 0) is 10.0 Å². The summed E-state index contributed by atoms with van der Waals surface area (Å²) in [6, 6.07) is 11.3. The Morgan fingerprint density at radius 2 is 1.61 bits per heavy atom. The molecular formula is C15H17ClN4O2S. The average molecular weight is 353 g/mol. The minimum Gasteiger partial charge on any atom is -0.352 e. The van der Waals surface area contributed by atoms with Crippen molar-refractivity contribution in [2.75, 3.05) is 37.3 Å². The predicted octanol–water partition coefficient (Wildman–Crippen LogP) is 1.88. The molecular weight excluding hydrogens is 336 g/mol. The van der Waals surface area contributed by atoms with Gasteiger partial charge in [-0.1, -0.05) is 23.7 Å². The molecule has 2 heterocycles. The SMILES string of the molecule is CS(=O)(=O)N1CCN(c2ccc(-c3ccc(Cl)cc3)nn2)CC1. The normalized spacial score (nSPS) is 16.5. The van der Waals surface area contributed by atoms with E-state index >= 15 is 0 Å². The molecule has 0 aliphatic carbocycles. The largest absolute Gasteiger partial charge is 0.352 e. The van der Waals surface area contributed by atoms with Crippen LogP contribution in [0.15, 0.2) is 36.4 Å². The molecule has 1 aliphatic heterocycles. The first kappa shape index (κ1) is 16.2. The molecule has 1 saturated heterocycles. The highest BCUT2D eigenvalue weighted by Gasteiger charge is 2.24. The maximum absolute atomic E-state index is 11.5. The highest BCUT2D eigenvalue weighted by atomic mass is 35.5. The molecule has 0 amide bonds. The Bertz CT molecular complexity index is 770. The van der Waals surface area contributed by atoms with E-state index in [1.807, 2.05) is 41.3 Å². The van der Waals surface area contributed by atoms with E-state index in [0.717, 1.165) is 17.1 Å². The zero-order valence-corrected chi connectivity index (χ0v) is 14.3. The Balaban J connectivity index is 1.70. The molecule has 1 aromatic carbocycles. The van der Waals surface area contributed by atoms with Gasteiger partial charge in [0.1, 0.15) is 0 Å². The van der Waals surface area contributed by atoms with Crippen LogP contribution in [-0.4, -0.2) is 55.4 Å². The lowest BCUT2D eigenvalue weighted by atomic mass is 10.1. The van der Waals surface area contributed by atoms with Crippen LogP contribution in [0.5, 0.6) is 0 Å². The first-order chi connectivity index (χ1) is 10.9. The van der Waals surface area contributed by atoms with Gasteiger partial charge in [0.15, 0.2) is 5.82 Å². The molecule has 8 heteroatoms. The molecule has 2 aromatic rings. The summed E-state index contributed by atoms with van der Waals surface area (Å²) in [5.74, 6) is 0.760. The fourth-order valence-corrected chi connectivity index (χ4v) is 3.47. The third kappa shape index (κ3) is 3.80. The van der Waals surface area contributed by atoms with Gasteiger partial charge in [0.2, 0.25) is 10.0 Å². The first-order valence-corrected chi connectivity index (χ1v) is 9.46. The molecule has 0 bridgehead atoms. The molecule has 6 nitrogen and oxygen atoms in total. The van der Waals surface area contributed by atoms with E-state index in [0.29, 0.717) is 31.2 Å². The van der Waals surface area contributed by atoms with E-state index in [9.17, 15) is 8.42 Å². The third-order valence-corrected chi connectivity index (χ3v) is 5.38. The van der Waals surface area contributed by atoms with Crippen molar-refractivity contribution in [3.8, 4) is 11.3 Å². The van der Waals surface area contributed by atoms with E-state index in [-0.39, 0.29) is 0 Å². The number of nitrogens with zero attached hydrogens (tertiary/aromatic N) is 4. The van der Waals surface area contributed by atoms with E-state index < -0.39 is 10.0 Å². The molecule has 0 radical (unpaired) electrons. The Hall–Kier alpha value is -1.70. The lowest BCUT2D eigenvalue weighted by Gasteiger charge is -2.33. The Labute approximate surface area is 140 Å². The quantitative estimate of drug-likeness (QED) is 0.843. The molecule has 1 aliphatic rings. The minimum atomic E-state index is -3.12. The van der Waals surface area contributed by atoms with Crippen molar-refractivity contribution >= 4 is 27.4 Å². The lowest BCUT2D eigenvalue weighted by molar-refractivity contribution is 0.386. The summed E-state index contributed by atoms with van der Waals surface area (Å²) >= 11 is 5.88. The number of benzene rings is 1. The maximum Gasteiger partial charge on any atom is 0.211 e. The molecule has 122 valence electrons. The van der Waals surface area contributed by atoms with Crippen molar-refractivity contribution in [3.05, 3.63) is 41.4 Å². The number of sulfonamides is 1. The minimum absolute atomic E-state index is 0.472. The fourth-order valence-electron chi connectivity index (χ4n) is 2.52. The van der Waals surface area contributed by atoms with Gasteiger partial charge >= 0.3 is 0 Å². The average Bonchev–Trinajstić information content (AvgIpc) is 2.55. The van der Waals surface area contributed by atoms with Crippen molar-refractivity contribution in [1.82, 2.24) is 14.5 Å². The monoisotopic (exact) mass is 352 g/mol. The number of anilines is 1. The highest BCUT2D eigenvalue weighted by Crippen LogP contribution is 2.21. The van der Waals surface area contributed by atoms with Gasteiger partial charge in [-0.2, -0.15) is 4.31 Å². The molecule has 1 fully saturated rings. The second-order valence-corrected chi connectivity index (χ2v) is 7.85. The van der Waals surface area contributed by atoms with Crippen molar-refractivity contribution in [2.24, 2.45) is 0 Å². The third-order valence-electron chi connectivity index (χ3n) is 3.82. The van der Waals surface area contributed by atoms with Gasteiger partial charge in [0.25, 0.3) is 0 Å². The fraction of sp³-hybridized carbons (Fsp3) is 0.333. The van der Waals surface area contributed by atoms with Gasteiger partial charge in [-0.15, -0.1) is 10.2 Å². The van der Waals surface area contributed by atoms with Crippen LogP contribution < -0.4 is 4.90 Å². The smallest absolute Gasteiger partial charge is 0.211 e. The summed E-state index contributed by atoms with van der Waals surface area (Å²) in [6.07, 6.45) is 1.24. The number of piperazine rings is 1. The van der Waals surface area contributed by atoms with Gasteiger partial charge in [0.05, 0.1) is 11.9 Å². The molecule has 0 saturated carbocycles. The summed E-state index contributed by atoms with van der Waals surface area (Å²) in [6.45, 7) is 2.17. The molecule has 23 heavy (non-hydrogen) atoms. The molecule has 0 N–H and O–H groups in total. The second kappa shape index (κ2) is 6.43. The summed E-state index contributed by atoms with van der Waals surface area (Å²) in [4.78, 5) is 2.04. The Morgan fingerprint density at radius 3 is 2.13 bits per heavy atom. The number of rotatable bonds is 3. The topological polar surface area (TPSA) is 66.4 Å². The van der Waals surface area contributed by atoms with Gasteiger partial charge < -0.3 is 4.90 Å². The summed E-state index contributed by atoms with van der Waals surface area (Å²) in [5, 5.41) is 9.20. The standard InChI is InChI=1S/C15H17ClN4O2S/c1-23(21,22)20-10-8-19(9-11-20)15-7-6-14(17-18-15)12-2-4-13(16)5-3-12/h2-7H,8-11H2,1H3. The van der Waals surface area contributed by atoms with Gasteiger partial charge in [-0.05, 0) is 24.3 Å². The molecule has 0 atom stereocenters. The zero-order valence-electron chi connectivity index (χ0n) is 12.7. The van der Waals surface area contributed by atoms with E-state index in [4.69, 9.17) is 11.6 Å². The van der Waals surface area contributed by atoms with Gasteiger partial charge in [0, 0.05) is 36.8 Å².